The van der Waals surface area contributed by atoms with E-state index in [-0.39, 0.29) is 5.23 Å². The van der Waals surface area contributed by atoms with Gasteiger partial charge in [-0.05, 0) is 17.5 Å². The van der Waals surface area contributed by atoms with Gasteiger partial charge in [-0.2, -0.15) is 0 Å². The normalized spacial score (nSPS) is 9.25. The predicted octanol–water partition coefficient (Wildman–Crippen LogP) is 1.44. The summed E-state index contributed by atoms with van der Waals surface area (Å²) in [6.07, 6.45) is 0. The number of thiophene rings is 1. The Morgan fingerprint density at radius 1 is 1.75 bits per heavy atom. The maximum Gasteiger partial charge on any atom is 0.104 e. The summed E-state index contributed by atoms with van der Waals surface area (Å²) in [5.41, 5.74) is 0. The first-order chi connectivity index (χ1) is 3.80. The van der Waals surface area contributed by atoms with Crippen LogP contribution in [0.25, 0.3) is 0 Å². The first-order valence-corrected chi connectivity index (χ1v) is 2.88. The van der Waals surface area contributed by atoms with Crippen LogP contribution in [-0.2, 0) is 0 Å². The van der Waals surface area contributed by atoms with E-state index in [1.807, 2.05) is 0 Å². The maximum absolute atomic E-state index is 9.99. The first-order valence-electron chi connectivity index (χ1n) is 2.00. The Morgan fingerprint density at radius 3 is 2.75 bits per heavy atom. The Bertz CT molecular complexity index is 149. The van der Waals surface area contributed by atoms with Crippen molar-refractivity contribution in [3.05, 3.63) is 22.7 Å². The number of anilines is 1. The van der Waals surface area contributed by atoms with Gasteiger partial charge in [0, 0.05) is 0 Å². The fourth-order valence-electron chi connectivity index (χ4n) is 0.379. The molecule has 0 bridgehead atoms. The molecule has 0 unspecified atom stereocenters. The third kappa shape index (κ3) is 0.975. The molecule has 1 heterocycles. The fourth-order valence-corrected chi connectivity index (χ4v) is 0.923. The Labute approximate surface area is 50.3 Å². The zero-order valence-electron chi connectivity index (χ0n) is 3.94. The summed E-state index contributed by atoms with van der Waals surface area (Å²) in [4.78, 5) is 0. The van der Waals surface area contributed by atoms with Gasteiger partial charge in [0.15, 0.2) is 0 Å². The van der Waals surface area contributed by atoms with Crippen molar-refractivity contribution in [1.29, 1.82) is 0 Å². The average Bonchev–Trinajstić information content (AvgIpc) is 2.12. The molecule has 44 valence electrons. The second-order valence-corrected chi connectivity index (χ2v) is 2.15. The van der Waals surface area contributed by atoms with Crippen molar-refractivity contribution in [1.82, 2.24) is 0 Å². The molecule has 8 heavy (non-hydrogen) atoms. The van der Waals surface area contributed by atoms with Gasteiger partial charge in [-0.1, -0.05) is 0 Å². The molecule has 0 aliphatic carbocycles. The maximum atomic E-state index is 9.99. The molecule has 1 aromatic heterocycles. The van der Waals surface area contributed by atoms with E-state index in [4.69, 9.17) is 5.21 Å². The van der Waals surface area contributed by atoms with Crippen molar-refractivity contribution >= 4 is 16.3 Å². The number of rotatable bonds is 1. The van der Waals surface area contributed by atoms with Gasteiger partial charge in [-0.3, -0.25) is 5.21 Å². The molecule has 1 aromatic rings. The van der Waals surface area contributed by atoms with Crippen LogP contribution in [-0.4, -0.2) is 5.21 Å². The molecule has 3 nitrogen and oxygen atoms in total. The van der Waals surface area contributed by atoms with E-state index in [1.54, 1.807) is 11.4 Å². The van der Waals surface area contributed by atoms with E-state index in [0.29, 0.717) is 5.00 Å². The van der Waals surface area contributed by atoms with Crippen LogP contribution in [0.3, 0.4) is 0 Å². The molecule has 0 amide bonds. The molecule has 0 spiro atoms. The van der Waals surface area contributed by atoms with Crippen LogP contribution in [0.2, 0.25) is 0 Å². The van der Waals surface area contributed by atoms with Crippen LogP contribution >= 0.6 is 11.3 Å². The minimum Gasteiger partial charge on any atom is -0.733 e. The van der Waals surface area contributed by atoms with Crippen LogP contribution in [0.15, 0.2) is 17.5 Å². The summed E-state index contributed by atoms with van der Waals surface area (Å²) in [5.74, 6) is 0. The monoisotopic (exact) mass is 130 g/mol. The van der Waals surface area contributed by atoms with Crippen molar-refractivity contribution in [2.45, 2.75) is 0 Å². The van der Waals surface area contributed by atoms with Crippen LogP contribution in [0.4, 0.5) is 5.00 Å². The topological polar surface area (TPSA) is 46.5 Å². The molecule has 0 saturated heterocycles. The molecule has 0 atom stereocenters. The molecule has 0 aliphatic rings. The zero-order chi connectivity index (χ0) is 5.98. The molecule has 1 N–H and O–H groups in total. The smallest absolute Gasteiger partial charge is 0.104 e. The van der Waals surface area contributed by atoms with E-state index in [0.717, 1.165) is 0 Å². The van der Waals surface area contributed by atoms with Crippen molar-refractivity contribution in [2.24, 2.45) is 0 Å². The lowest BCUT2D eigenvalue weighted by Crippen LogP contribution is -2.03. The minimum absolute atomic E-state index is 0.148. The Hall–Kier alpha value is -0.580. The SMILES string of the molecule is [O-]N(O)c1cccs1. The highest BCUT2D eigenvalue weighted by atomic mass is 32.1. The van der Waals surface area contributed by atoms with Crippen molar-refractivity contribution in [3.63, 3.8) is 0 Å². The molecule has 0 saturated carbocycles. The minimum atomic E-state index is -0.148. The second kappa shape index (κ2) is 2.13. The van der Waals surface area contributed by atoms with Gasteiger partial charge in [0.05, 0.1) is 0 Å². The highest BCUT2D eigenvalue weighted by Crippen LogP contribution is 2.17. The first kappa shape index (κ1) is 5.55. The fraction of sp³-hybridized carbons (Fsp3) is 0. The largest absolute Gasteiger partial charge is 0.733 e. The number of nitrogens with zero attached hydrogens (tertiary/aromatic N) is 1. The highest BCUT2D eigenvalue weighted by molar-refractivity contribution is 7.14. The molecule has 0 aliphatic heterocycles. The lowest BCUT2D eigenvalue weighted by molar-refractivity contribution is 0.299. The lowest BCUT2D eigenvalue weighted by Gasteiger charge is -2.17. The number of hydrogen-bond donors (Lipinski definition) is 1. The van der Waals surface area contributed by atoms with Gasteiger partial charge >= 0.3 is 0 Å². The third-order valence-corrected chi connectivity index (χ3v) is 1.52. The summed E-state index contributed by atoms with van der Waals surface area (Å²) in [6.45, 7) is 0. The van der Waals surface area contributed by atoms with E-state index in [9.17, 15) is 5.21 Å². The van der Waals surface area contributed by atoms with Crippen LogP contribution in [0.1, 0.15) is 0 Å². The molecule has 0 fully saturated rings. The van der Waals surface area contributed by atoms with E-state index >= 15 is 0 Å². The van der Waals surface area contributed by atoms with Crippen molar-refractivity contribution in [2.75, 3.05) is 5.23 Å². The van der Waals surface area contributed by atoms with Gasteiger partial charge < -0.3 is 10.4 Å². The highest BCUT2D eigenvalue weighted by Gasteiger charge is 1.87. The predicted molar refractivity (Wildman–Crippen MR) is 32.0 cm³/mol. The third-order valence-electron chi connectivity index (χ3n) is 0.695. The molecule has 0 aromatic carbocycles. The van der Waals surface area contributed by atoms with Crippen LogP contribution in [0, 0.1) is 5.21 Å². The van der Waals surface area contributed by atoms with Gasteiger partial charge in [0.25, 0.3) is 0 Å². The Morgan fingerprint density at radius 2 is 2.50 bits per heavy atom. The Balaban J connectivity index is 2.77. The molecule has 0 radical (unpaired) electrons. The molecule has 4 heteroatoms. The zero-order valence-corrected chi connectivity index (χ0v) is 4.76. The molecular weight excluding hydrogens is 126 g/mol. The van der Waals surface area contributed by atoms with Gasteiger partial charge in [-0.25, -0.2) is 0 Å². The van der Waals surface area contributed by atoms with Crippen LogP contribution < -0.4 is 5.23 Å². The quantitative estimate of drug-likeness (QED) is 0.585. The van der Waals surface area contributed by atoms with E-state index in [2.05, 4.69) is 0 Å². The van der Waals surface area contributed by atoms with Crippen molar-refractivity contribution < 1.29 is 5.21 Å². The van der Waals surface area contributed by atoms with Gasteiger partial charge in [-0.15, -0.1) is 11.3 Å². The lowest BCUT2D eigenvalue weighted by atomic mass is 10.6. The molecule has 1 rings (SSSR count). The van der Waals surface area contributed by atoms with Crippen LogP contribution in [0.5, 0.6) is 0 Å². The standard InChI is InChI=1S/C4H4NO2S/c6-5(7)4-2-1-3-8-4/h1-3,6H/q-1. The van der Waals surface area contributed by atoms with Gasteiger partial charge in [0.2, 0.25) is 0 Å². The Kier molecular flexibility index (Phi) is 1.48. The second-order valence-electron chi connectivity index (χ2n) is 1.22. The van der Waals surface area contributed by atoms with E-state index in [1.165, 1.54) is 17.4 Å². The summed E-state index contributed by atoms with van der Waals surface area (Å²) in [6, 6.07) is 3.23. The van der Waals surface area contributed by atoms with E-state index < -0.39 is 0 Å². The summed E-state index contributed by atoms with van der Waals surface area (Å²) in [7, 11) is 0. The van der Waals surface area contributed by atoms with Crippen molar-refractivity contribution in [3.8, 4) is 0 Å². The summed E-state index contributed by atoms with van der Waals surface area (Å²) >= 11 is 1.19. The summed E-state index contributed by atoms with van der Waals surface area (Å²) in [5, 5.41) is 20.1. The number of hydrogen-bond acceptors (Lipinski definition) is 4. The molecular formula is C4H4NO2S-. The van der Waals surface area contributed by atoms with Gasteiger partial charge in [0.1, 0.15) is 5.00 Å². The average molecular weight is 130 g/mol. The summed E-state index contributed by atoms with van der Waals surface area (Å²) < 4.78 is 0.